The number of hydrogen-bond acceptors (Lipinski definition) is 5. The fourth-order valence-corrected chi connectivity index (χ4v) is 4.46. The number of nitrogens with one attached hydrogen (secondary N) is 1. The monoisotopic (exact) mass is 477 g/mol. The first-order chi connectivity index (χ1) is 15.8. The van der Waals surface area contributed by atoms with Gasteiger partial charge in [-0.2, -0.15) is 5.26 Å². The van der Waals surface area contributed by atoms with Crippen LogP contribution in [0.15, 0.2) is 24.3 Å². The second kappa shape index (κ2) is 9.48. The summed E-state index contributed by atoms with van der Waals surface area (Å²) >= 11 is 6.50. The predicted octanol–water partition coefficient (Wildman–Crippen LogP) is 5.22. The van der Waals surface area contributed by atoms with Gasteiger partial charge in [-0.25, -0.2) is 18.2 Å². The van der Waals surface area contributed by atoms with Gasteiger partial charge in [0.1, 0.15) is 23.5 Å². The Kier molecular flexibility index (Phi) is 6.66. The zero-order valence-electron chi connectivity index (χ0n) is 17.9. The Morgan fingerprint density at radius 3 is 2.48 bits per heavy atom. The zero-order valence-corrected chi connectivity index (χ0v) is 18.6. The number of carbonyl (C=O) groups is 1. The molecule has 4 rings (SSSR count). The number of amides is 1. The number of nitriles is 1. The summed E-state index contributed by atoms with van der Waals surface area (Å²) < 4.78 is 41.6. The van der Waals surface area contributed by atoms with Crippen LogP contribution < -0.4 is 15.1 Å². The molecule has 0 spiro atoms. The molecular formula is C23H23ClF3N5O. The van der Waals surface area contributed by atoms with Crippen molar-refractivity contribution in [2.45, 2.75) is 38.0 Å². The minimum absolute atomic E-state index is 0.0521. The largest absolute Gasteiger partial charge is 0.356 e. The van der Waals surface area contributed by atoms with Crippen molar-refractivity contribution in [1.29, 1.82) is 5.26 Å². The van der Waals surface area contributed by atoms with Crippen LogP contribution in [0.3, 0.4) is 0 Å². The molecule has 1 aromatic carbocycles. The summed E-state index contributed by atoms with van der Waals surface area (Å²) in [6.07, 6.45) is 1.71. The van der Waals surface area contributed by atoms with Gasteiger partial charge in [0.2, 0.25) is 5.92 Å². The number of alkyl halides is 2. The van der Waals surface area contributed by atoms with Crippen molar-refractivity contribution in [2.24, 2.45) is 0 Å². The quantitative estimate of drug-likeness (QED) is 0.653. The molecule has 2 saturated heterocycles. The van der Waals surface area contributed by atoms with Crippen molar-refractivity contribution < 1.29 is 18.0 Å². The molecule has 0 saturated carbocycles. The average Bonchev–Trinajstić information content (AvgIpc) is 3.25. The van der Waals surface area contributed by atoms with Crippen LogP contribution in [0.5, 0.6) is 0 Å². The molecule has 174 valence electrons. The highest BCUT2D eigenvalue weighted by Crippen LogP contribution is 2.35. The van der Waals surface area contributed by atoms with Crippen LogP contribution in [0.1, 0.15) is 48.0 Å². The normalized spacial score (nSPS) is 18.0. The summed E-state index contributed by atoms with van der Waals surface area (Å²) in [5, 5.41) is 12.0. The van der Waals surface area contributed by atoms with Crippen molar-refractivity contribution in [3.63, 3.8) is 0 Å². The van der Waals surface area contributed by atoms with E-state index in [0.717, 1.165) is 32.0 Å². The molecule has 0 aliphatic carbocycles. The molecule has 33 heavy (non-hydrogen) atoms. The summed E-state index contributed by atoms with van der Waals surface area (Å²) in [5.74, 6) is -3.20. The molecule has 2 aliphatic rings. The molecule has 3 heterocycles. The highest BCUT2D eigenvalue weighted by molar-refractivity contribution is 6.33. The highest BCUT2D eigenvalue weighted by atomic mass is 35.5. The van der Waals surface area contributed by atoms with Gasteiger partial charge in [0, 0.05) is 44.7 Å². The van der Waals surface area contributed by atoms with E-state index >= 15 is 0 Å². The fourth-order valence-electron chi connectivity index (χ4n) is 4.19. The van der Waals surface area contributed by atoms with Gasteiger partial charge in [-0.15, -0.1) is 0 Å². The third-order valence-corrected chi connectivity index (χ3v) is 6.23. The molecule has 0 bridgehead atoms. The number of pyridine rings is 1. The Morgan fingerprint density at radius 2 is 1.76 bits per heavy atom. The average molecular weight is 478 g/mol. The lowest BCUT2D eigenvalue weighted by Crippen LogP contribution is -2.30. The van der Waals surface area contributed by atoms with Gasteiger partial charge < -0.3 is 15.1 Å². The van der Waals surface area contributed by atoms with Crippen LogP contribution in [0.25, 0.3) is 0 Å². The SMILES string of the molecule is N#Cc1cc(NC(=O)c2cc(Cl)c(N3CCCC3)nc2N2CCCC(F)(F)CC2)ccc1F. The summed E-state index contributed by atoms with van der Waals surface area (Å²) in [7, 11) is 0. The molecule has 0 radical (unpaired) electrons. The third kappa shape index (κ3) is 5.17. The number of hydrogen-bond donors (Lipinski definition) is 1. The van der Waals surface area contributed by atoms with E-state index in [-0.39, 0.29) is 42.6 Å². The molecule has 2 aliphatic heterocycles. The Balaban J connectivity index is 1.70. The van der Waals surface area contributed by atoms with Crippen LogP contribution in [0.4, 0.5) is 30.5 Å². The van der Waals surface area contributed by atoms with E-state index < -0.39 is 17.6 Å². The minimum Gasteiger partial charge on any atom is -0.356 e. The van der Waals surface area contributed by atoms with Crippen LogP contribution in [-0.4, -0.2) is 43.0 Å². The minimum atomic E-state index is -2.76. The van der Waals surface area contributed by atoms with E-state index in [0.29, 0.717) is 23.2 Å². The van der Waals surface area contributed by atoms with E-state index in [1.165, 1.54) is 18.2 Å². The maximum atomic E-state index is 14.0. The molecule has 1 N–H and O–H groups in total. The van der Waals surface area contributed by atoms with Crippen molar-refractivity contribution in [1.82, 2.24) is 4.98 Å². The van der Waals surface area contributed by atoms with Crippen LogP contribution >= 0.6 is 11.6 Å². The Hall–Kier alpha value is -2.99. The summed E-state index contributed by atoms with van der Waals surface area (Å²) in [4.78, 5) is 21.6. The van der Waals surface area contributed by atoms with Crippen molar-refractivity contribution >= 4 is 34.8 Å². The number of benzene rings is 1. The first-order valence-electron chi connectivity index (χ1n) is 10.9. The summed E-state index contributed by atoms with van der Waals surface area (Å²) in [5.41, 5.74) is 0.158. The Morgan fingerprint density at radius 1 is 1.06 bits per heavy atom. The van der Waals surface area contributed by atoms with Gasteiger partial charge in [0.25, 0.3) is 5.91 Å². The Labute approximate surface area is 194 Å². The molecule has 10 heteroatoms. The number of nitrogens with zero attached hydrogens (tertiary/aromatic N) is 4. The number of aromatic nitrogens is 1. The highest BCUT2D eigenvalue weighted by Gasteiger charge is 2.34. The smallest absolute Gasteiger partial charge is 0.259 e. The van der Waals surface area contributed by atoms with E-state index in [2.05, 4.69) is 10.3 Å². The van der Waals surface area contributed by atoms with Gasteiger partial charge in [-0.05, 0) is 43.5 Å². The second-order valence-corrected chi connectivity index (χ2v) is 8.72. The first kappa shape index (κ1) is 23.2. The molecule has 0 unspecified atom stereocenters. The number of halogens is 4. The lowest BCUT2D eigenvalue weighted by Gasteiger charge is -2.27. The molecule has 0 atom stereocenters. The molecule has 2 aromatic rings. The van der Waals surface area contributed by atoms with Crippen molar-refractivity contribution in [3.05, 3.63) is 46.2 Å². The number of rotatable bonds is 4. The van der Waals surface area contributed by atoms with Gasteiger partial charge in [-0.1, -0.05) is 11.6 Å². The lowest BCUT2D eigenvalue weighted by molar-refractivity contribution is -0.0102. The number of anilines is 3. The zero-order chi connectivity index (χ0) is 23.6. The van der Waals surface area contributed by atoms with Crippen molar-refractivity contribution in [2.75, 3.05) is 41.3 Å². The number of carbonyl (C=O) groups excluding carboxylic acids is 1. The molecule has 1 amide bonds. The predicted molar refractivity (Wildman–Crippen MR) is 121 cm³/mol. The van der Waals surface area contributed by atoms with Gasteiger partial charge in [0.05, 0.1) is 16.1 Å². The topological polar surface area (TPSA) is 72.3 Å². The maximum Gasteiger partial charge on any atom is 0.259 e. The van der Waals surface area contributed by atoms with E-state index in [4.69, 9.17) is 16.9 Å². The van der Waals surface area contributed by atoms with E-state index in [1.807, 2.05) is 4.90 Å². The first-order valence-corrected chi connectivity index (χ1v) is 11.2. The van der Waals surface area contributed by atoms with Crippen LogP contribution in [-0.2, 0) is 0 Å². The van der Waals surface area contributed by atoms with Gasteiger partial charge >= 0.3 is 0 Å². The Bertz CT molecular complexity index is 1100. The van der Waals surface area contributed by atoms with Gasteiger partial charge in [0.15, 0.2) is 0 Å². The maximum absolute atomic E-state index is 14.0. The van der Waals surface area contributed by atoms with E-state index in [9.17, 15) is 18.0 Å². The summed E-state index contributed by atoms with van der Waals surface area (Å²) in [6, 6.07) is 6.90. The van der Waals surface area contributed by atoms with Gasteiger partial charge in [-0.3, -0.25) is 4.79 Å². The molecule has 1 aromatic heterocycles. The van der Waals surface area contributed by atoms with Crippen LogP contribution in [0, 0.1) is 17.1 Å². The standard InChI is InChI=1S/C23H23ClF3N5O/c24-18-13-17(22(33)29-16-4-5-19(25)15(12-16)14-28)20(30-21(18)31-8-1-2-9-31)32-10-3-6-23(26,27)7-11-32/h4-5,12-13H,1-3,6-11H2,(H,29,33). The third-order valence-electron chi connectivity index (χ3n) is 5.95. The van der Waals surface area contributed by atoms with Crippen LogP contribution in [0.2, 0.25) is 5.02 Å². The molecule has 6 nitrogen and oxygen atoms in total. The van der Waals surface area contributed by atoms with E-state index in [1.54, 1.807) is 11.0 Å². The fraction of sp³-hybridized carbons (Fsp3) is 0.435. The summed E-state index contributed by atoms with van der Waals surface area (Å²) in [6.45, 7) is 1.94. The molecule has 2 fully saturated rings. The molecular weight excluding hydrogens is 455 g/mol. The van der Waals surface area contributed by atoms with Crippen molar-refractivity contribution in [3.8, 4) is 6.07 Å². The lowest BCUT2D eigenvalue weighted by atomic mass is 10.1. The second-order valence-electron chi connectivity index (χ2n) is 8.32.